The molecule has 2 fully saturated rings. The summed E-state index contributed by atoms with van der Waals surface area (Å²) in [7, 11) is 0. The summed E-state index contributed by atoms with van der Waals surface area (Å²) in [4.78, 5) is 0. The number of rotatable bonds is 4. The van der Waals surface area contributed by atoms with Gasteiger partial charge in [0.05, 0.1) is 12.2 Å². The van der Waals surface area contributed by atoms with Gasteiger partial charge in [-0.15, -0.1) is 0 Å². The Hall–Kier alpha value is -1.02. The molecule has 19 heavy (non-hydrogen) atoms. The van der Waals surface area contributed by atoms with Crippen LogP contribution in [0, 0.1) is 17.8 Å². The molecule has 2 bridgehead atoms. The van der Waals surface area contributed by atoms with E-state index >= 15 is 0 Å². The fourth-order valence-electron chi connectivity index (χ4n) is 4.00. The van der Waals surface area contributed by atoms with Crippen molar-refractivity contribution in [3.63, 3.8) is 0 Å². The summed E-state index contributed by atoms with van der Waals surface area (Å²) in [5, 5.41) is 10.8. The van der Waals surface area contributed by atoms with Crippen LogP contribution in [0.25, 0.3) is 0 Å². The maximum Gasteiger partial charge on any atom is 0.125 e. The van der Waals surface area contributed by atoms with Crippen molar-refractivity contribution in [1.82, 2.24) is 0 Å². The average molecular weight is 260 g/mol. The number of benzene rings is 1. The fourth-order valence-corrected chi connectivity index (χ4v) is 4.00. The second-order valence-corrected chi connectivity index (χ2v) is 6.49. The van der Waals surface area contributed by atoms with Gasteiger partial charge in [0, 0.05) is 5.56 Å². The highest BCUT2D eigenvalue weighted by Crippen LogP contribution is 2.53. The maximum atomic E-state index is 10.8. The molecule has 2 saturated carbocycles. The van der Waals surface area contributed by atoms with E-state index in [9.17, 15) is 5.11 Å². The lowest BCUT2D eigenvalue weighted by atomic mass is 9.82. The van der Waals surface area contributed by atoms with Gasteiger partial charge >= 0.3 is 0 Å². The van der Waals surface area contributed by atoms with Crippen molar-refractivity contribution in [2.24, 2.45) is 17.8 Å². The lowest BCUT2D eigenvalue weighted by molar-refractivity contribution is 0.0705. The highest BCUT2D eigenvalue weighted by molar-refractivity contribution is 5.36. The molecule has 1 aromatic rings. The lowest BCUT2D eigenvalue weighted by Gasteiger charge is -2.28. The zero-order valence-electron chi connectivity index (χ0n) is 11.9. The quantitative estimate of drug-likeness (QED) is 0.888. The number of aliphatic hydroxyl groups excluding tert-OH is 1. The third kappa shape index (κ3) is 2.51. The summed E-state index contributed by atoms with van der Waals surface area (Å²) in [6.07, 6.45) is 4.99. The summed E-state index contributed by atoms with van der Waals surface area (Å²) in [6.45, 7) is 4.06. The van der Waals surface area contributed by atoms with Crippen LogP contribution in [-0.4, -0.2) is 11.2 Å². The summed E-state index contributed by atoms with van der Waals surface area (Å²) >= 11 is 0. The first-order chi connectivity index (χ1) is 9.15. The average Bonchev–Trinajstić information content (AvgIpc) is 3.00. The van der Waals surface area contributed by atoms with Gasteiger partial charge in [-0.25, -0.2) is 0 Å². The van der Waals surface area contributed by atoms with Crippen LogP contribution in [0.1, 0.15) is 51.2 Å². The Labute approximate surface area is 115 Å². The van der Waals surface area contributed by atoms with Gasteiger partial charge in [-0.05, 0) is 56.9 Å². The Morgan fingerprint density at radius 1 is 1.16 bits per heavy atom. The van der Waals surface area contributed by atoms with E-state index in [4.69, 9.17) is 4.74 Å². The van der Waals surface area contributed by atoms with Crippen molar-refractivity contribution < 1.29 is 9.84 Å². The van der Waals surface area contributed by atoms with E-state index in [2.05, 4.69) is 0 Å². The SMILES string of the molecule is CC(C)Oc1ccccc1C(O)C1CC2CCC1C2. The predicted molar refractivity (Wildman–Crippen MR) is 76.1 cm³/mol. The molecular formula is C17H24O2. The van der Waals surface area contributed by atoms with Gasteiger partial charge in [-0.2, -0.15) is 0 Å². The van der Waals surface area contributed by atoms with Gasteiger partial charge in [0.2, 0.25) is 0 Å². The molecule has 0 saturated heterocycles. The van der Waals surface area contributed by atoms with Crippen LogP contribution in [0.5, 0.6) is 5.75 Å². The van der Waals surface area contributed by atoms with Crippen LogP contribution in [0.15, 0.2) is 24.3 Å². The third-order valence-corrected chi connectivity index (χ3v) is 4.80. The Balaban J connectivity index is 1.81. The molecule has 2 heteroatoms. The third-order valence-electron chi connectivity index (χ3n) is 4.80. The predicted octanol–water partition coefficient (Wildman–Crippen LogP) is 3.94. The normalized spacial score (nSPS) is 30.8. The molecule has 2 nitrogen and oxygen atoms in total. The fraction of sp³-hybridized carbons (Fsp3) is 0.647. The first-order valence-corrected chi connectivity index (χ1v) is 7.58. The monoisotopic (exact) mass is 260 g/mol. The van der Waals surface area contributed by atoms with Gasteiger partial charge in [0.25, 0.3) is 0 Å². The minimum Gasteiger partial charge on any atom is -0.491 e. The van der Waals surface area contributed by atoms with E-state index in [1.165, 1.54) is 25.7 Å². The van der Waals surface area contributed by atoms with E-state index in [1.54, 1.807) is 0 Å². The molecule has 2 aliphatic carbocycles. The second-order valence-electron chi connectivity index (χ2n) is 6.49. The van der Waals surface area contributed by atoms with Crippen LogP contribution in [0.4, 0.5) is 0 Å². The highest BCUT2D eigenvalue weighted by atomic mass is 16.5. The molecule has 2 aliphatic rings. The Morgan fingerprint density at radius 3 is 2.58 bits per heavy atom. The summed E-state index contributed by atoms with van der Waals surface area (Å²) in [5.41, 5.74) is 0.980. The van der Waals surface area contributed by atoms with Crippen molar-refractivity contribution in [2.75, 3.05) is 0 Å². The van der Waals surface area contributed by atoms with Crippen LogP contribution in [-0.2, 0) is 0 Å². The summed E-state index contributed by atoms with van der Waals surface area (Å²) in [6, 6.07) is 7.98. The molecule has 1 N–H and O–H groups in total. The number of para-hydroxylation sites is 1. The molecule has 0 aromatic heterocycles. The van der Waals surface area contributed by atoms with Crippen molar-refractivity contribution >= 4 is 0 Å². The Kier molecular flexibility index (Phi) is 3.53. The topological polar surface area (TPSA) is 29.5 Å². The molecule has 0 spiro atoms. The number of fused-ring (bicyclic) bond motifs is 2. The summed E-state index contributed by atoms with van der Waals surface area (Å²) in [5.74, 6) is 2.89. The summed E-state index contributed by atoms with van der Waals surface area (Å²) < 4.78 is 5.85. The minimum atomic E-state index is -0.356. The maximum absolute atomic E-state index is 10.8. The van der Waals surface area contributed by atoms with Gasteiger partial charge < -0.3 is 9.84 Å². The first kappa shape index (κ1) is 13.0. The molecule has 104 valence electrons. The molecule has 0 amide bonds. The largest absolute Gasteiger partial charge is 0.491 e. The molecule has 0 radical (unpaired) electrons. The zero-order valence-corrected chi connectivity index (χ0v) is 11.9. The van der Waals surface area contributed by atoms with Crippen LogP contribution in [0.2, 0.25) is 0 Å². The van der Waals surface area contributed by atoms with Gasteiger partial charge in [0.15, 0.2) is 0 Å². The van der Waals surface area contributed by atoms with Gasteiger partial charge in [-0.3, -0.25) is 0 Å². The molecule has 0 heterocycles. The first-order valence-electron chi connectivity index (χ1n) is 7.58. The highest BCUT2D eigenvalue weighted by Gasteiger charge is 2.43. The number of ether oxygens (including phenoxy) is 1. The van der Waals surface area contributed by atoms with E-state index in [-0.39, 0.29) is 12.2 Å². The van der Waals surface area contributed by atoms with Crippen molar-refractivity contribution in [1.29, 1.82) is 0 Å². The molecule has 4 unspecified atom stereocenters. The zero-order chi connectivity index (χ0) is 13.4. The van der Waals surface area contributed by atoms with E-state index in [0.29, 0.717) is 5.92 Å². The Morgan fingerprint density at radius 2 is 1.95 bits per heavy atom. The molecule has 4 atom stereocenters. The second kappa shape index (κ2) is 5.16. The van der Waals surface area contributed by atoms with E-state index < -0.39 is 0 Å². The number of hydrogen-bond donors (Lipinski definition) is 1. The van der Waals surface area contributed by atoms with Crippen LogP contribution < -0.4 is 4.74 Å². The van der Waals surface area contributed by atoms with Crippen LogP contribution >= 0.6 is 0 Å². The molecular weight excluding hydrogens is 236 g/mol. The van der Waals surface area contributed by atoms with Gasteiger partial charge in [0.1, 0.15) is 5.75 Å². The van der Waals surface area contributed by atoms with Crippen molar-refractivity contribution in [2.45, 2.75) is 51.7 Å². The standard InChI is InChI=1S/C17H24O2/c1-11(2)19-16-6-4-3-5-14(16)17(18)15-10-12-7-8-13(15)9-12/h3-6,11-13,15,17-18H,7-10H2,1-2H3. The minimum absolute atomic E-state index is 0.147. The van der Waals surface area contributed by atoms with Crippen molar-refractivity contribution in [3.8, 4) is 5.75 Å². The van der Waals surface area contributed by atoms with Crippen LogP contribution in [0.3, 0.4) is 0 Å². The molecule has 1 aromatic carbocycles. The molecule has 0 aliphatic heterocycles. The van der Waals surface area contributed by atoms with Crippen molar-refractivity contribution in [3.05, 3.63) is 29.8 Å². The smallest absolute Gasteiger partial charge is 0.125 e. The van der Waals surface area contributed by atoms with Gasteiger partial charge in [-0.1, -0.05) is 24.6 Å². The van der Waals surface area contributed by atoms with E-state index in [1.807, 2.05) is 38.1 Å². The lowest BCUT2D eigenvalue weighted by Crippen LogP contribution is -2.20. The molecule has 3 rings (SSSR count). The number of aliphatic hydroxyl groups is 1. The Bertz CT molecular complexity index is 441. The number of hydrogen-bond acceptors (Lipinski definition) is 2. The van der Waals surface area contributed by atoms with E-state index in [0.717, 1.165) is 23.1 Å².